The van der Waals surface area contributed by atoms with Gasteiger partial charge in [-0.25, -0.2) is 4.68 Å². The molecule has 2 aromatic heterocycles. The van der Waals surface area contributed by atoms with Gasteiger partial charge in [-0.3, -0.25) is 9.48 Å². The minimum Gasteiger partial charge on any atom is -0.351 e. The molecule has 136 valence electrons. The van der Waals surface area contributed by atoms with Crippen LogP contribution in [0.4, 0.5) is 0 Å². The summed E-state index contributed by atoms with van der Waals surface area (Å²) in [7, 11) is 0. The second-order valence-corrected chi connectivity index (χ2v) is 6.43. The largest absolute Gasteiger partial charge is 0.351 e. The molecule has 0 radical (unpaired) electrons. The third-order valence-corrected chi connectivity index (χ3v) is 4.31. The summed E-state index contributed by atoms with van der Waals surface area (Å²) < 4.78 is 3.71. The summed E-state index contributed by atoms with van der Waals surface area (Å²) >= 11 is 0. The lowest BCUT2D eigenvalue weighted by Crippen LogP contribution is -2.26. The zero-order chi connectivity index (χ0) is 18.5. The zero-order valence-corrected chi connectivity index (χ0v) is 15.4. The van der Waals surface area contributed by atoms with Crippen molar-refractivity contribution in [1.29, 1.82) is 0 Å². The average Bonchev–Trinajstić information content (AvgIpc) is 3.14. The van der Waals surface area contributed by atoms with Gasteiger partial charge in [-0.05, 0) is 38.8 Å². The van der Waals surface area contributed by atoms with Crippen molar-refractivity contribution in [2.24, 2.45) is 0 Å². The molecule has 0 aliphatic rings. The maximum absolute atomic E-state index is 12.4. The first-order valence-electron chi connectivity index (χ1n) is 8.78. The lowest BCUT2D eigenvalue weighted by atomic mass is 10.2. The Kier molecular flexibility index (Phi) is 5.46. The van der Waals surface area contributed by atoms with Crippen LogP contribution in [0.3, 0.4) is 0 Å². The van der Waals surface area contributed by atoms with Gasteiger partial charge in [0.15, 0.2) is 5.69 Å². The first-order valence-corrected chi connectivity index (χ1v) is 8.78. The highest BCUT2D eigenvalue weighted by Crippen LogP contribution is 2.08. The summed E-state index contributed by atoms with van der Waals surface area (Å²) in [4.78, 5) is 12.4. The van der Waals surface area contributed by atoms with Gasteiger partial charge in [-0.15, -0.1) is 5.10 Å². The number of aryl methyl sites for hydroxylation is 3. The van der Waals surface area contributed by atoms with E-state index in [0.717, 1.165) is 35.6 Å². The molecule has 3 rings (SSSR count). The molecule has 0 bridgehead atoms. The van der Waals surface area contributed by atoms with Crippen LogP contribution in [0.5, 0.6) is 0 Å². The van der Waals surface area contributed by atoms with Gasteiger partial charge in [0.2, 0.25) is 0 Å². The van der Waals surface area contributed by atoms with E-state index < -0.39 is 0 Å². The Morgan fingerprint density at radius 3 is 2.58 bits per heavy atom. The van der Waals surface area contributed by atoms with E-state index in [1.54, 1.807) is 4.68 Å². The lowest BCUT2D eigenvalue weighted by Gasteiger charge is -2.06. The Labute approximate surface area is 153 Å². The van der Waals surface area contributed by atoms with Crippen LogP contribution in [0.2, 0.25) is 0 Å². The highest BCUT2D eigenvalue weighted by atomic mass is 16.2. The number of carbonyl (C=O) groups excluding carboxylic acids is 1. The van der Waals surface area contributed by atoms with Gasteiger partial charge in [-0.1, -0.05) is 35.5 Å². The van der Waals surface area contributed by atoms with Gasteiger partial charge in [0.25, 0.3) is 5.91 Å². The number of nitrogens with zero attached hydrogens (tertiary/aromatic N) is 5. The van der Waals surface area contributed by atoms with Crippen molar-refractivity contribution < 1.29 is 4.79 Å². The number of amides is 1. The fraction of sp³-hybridized carbons (Fsp3) is 0.368. The maximum Gasteiger partial charge on any atom is 0.273 e. The lowest BCUT2D eigenvalue weighted by molar-refractivity contribution is 0.0947. The molecule has 0 fully saturated rings. The Bertz CT molecular complexity index is 881. The summed E-state index contributed by atoms with van der Waals surface area (Å²) in [5.41, 5.74) is 4.42. The molecule has 3 aromatic rings. The third kappa shape index (κ3) is 4.17. The van der Waals surface area contributed by atoms with Crippen molar-refractivity contribution in [1.82, 2.24) is 30.1 Å². The third-order valence-electron chi connectivity index (χ3n) is 4.31. The molecule has 0 spiro atoms. The average molecular weight is 352 g/mol. The predicted molar refractivity (Wildman–Crippen MR) is 99.0 cm³/mol. The van der Waals surface area contributed by atoms with Crippen molar-refractivity contribution >= 4 is 5.91 Å². The Morgan fingerprint density at radius 1 is 1.12 bits per heavy atom. The van der Waals surface area contributed by atoms with E-state index in [1.165, 1.54) is 0 Å². The molecule has 1 aromatic carbocycles. The monoisotopic (exact) mass is 352 g/mol. The van der Waals surface area contributed by atoms with E-state index in [9.17, 15) is 4.79 Å². The first-order chi connectivity index (χ1) is 12.5. The topological polar surface area (TPSA) is 77.6 Å². The normalized spacial score (nSPS) is 10.9. The van der Waals surface area contributed by atoms with E-state index in [2.05, 4.69) is 20.7 Å². The van der Waals surface area contributed by atoms with Crippen LogP contribution in [-0.4, -0.2) is 37.2 Å². The minimum atomic E-state index is -0.185. The maximum atomic E-state index is 12.4. The molecule has 0 aliphatic heterocycles. The van der Waals surface area contributed by atoms with Gasteiger partial charge in [-0.2, -0.15) is 5.10 Å². The van der Waals surface area contributed by atoms with Gasteiger partial charge in [0.1, 0.15) is 0 Å². The number of aromatic nitrogens is 5. The van der Waals surface area contributed by atoms with Crippen LogP contribution >= 0.6 is 0 Å². The van der Waals surface area contributed by atoms with Crippen LogP contribution in [0.15, 0.2) is 36.4 Å². The minimum absolute atomic E-state index is 0.185. The van der Waals surface area contributed by atoms with E-state index in [1.807, 2.05) is 61.9 Å². The SMILES string of the molecule is Cc1cc(C)n(CCCNC(=O)c2nnn(Cc3ccccc3)c2C)n1. The van der Waals surface area contributed by atoms with Crippen LogP contribution < -0.4 is 5.32 Å². The van der Waals surface area contributed by atoms with Crippen molar-refractivity contribution in [3.05, 3.63) is 64.7 Å². The molecule has 7 heteroatoms. The molecular formula is C19H24N6O. The zero-order valence-electron chi connectivity index (χ0n) is 15.4. The number of hydrogen-bond acceptors (Lipinski definition) is 4. The van der Waals surface area contributed by atoms with Crippen LogP contribution in [0.25, 0.3) is 0 Å². The van der Waals surface area contributed by atoms with Gasteiger partial charge < -0.3 is 5.32 Å². The summed E-state index contributed by atoms with van der Waals surface area (Å²) in [6.45, 7) is 7.83. The molecule has 0 atom stereocenters. The Morgan fingerprint density at radius 2 is 1.88 bits per heavy atom. The molecule has 1 amide bonds. The molecule has 0 saturated carbocycles. The van der Waals surface area contributed by atoms with Gasteiger partial charge >= 0.3 is 0 Å². The molecule has 1 N–H and O–H groups in total. The summed E-state index contributed by atoms with van der Waals surface area (Å²) in [5.74, 6) is -0.185. The number of rotatable bonds is 7. The van der Waals surface area contributed by atoms with Crippen LogP contribution in [0, 0.1) is 20.8 Å². The second kappa shape index (κ2) is 7.95. The Balaban J connectivity index is 1.52. The Hall–Kier alpha value is -2.96. The number of carbonyl (C=O) groups is 1. The van der Waals surface area contributed by atoms with Gasteiger partial charge in [0.05, 0.1) is 17.9 Å². The quantitative estimate of drug-likeness (QED) is 0.662. The summed E-state index contributed by atoms with van der Waals surface area (Å²) in [5, 5.41) is 15.5. The fourth-order valence-electron chi connectivity index (χ4n) is 2.89. The molecule has 0 aliphatic carbocycles. The predicted octanol–water partition coefficient (Wildman–Crippen LogP) is 2.27. The second-order valence-electron chi connectivity index (χ2n) is 6.43. The standard InChI is InChI=1S/C19H24N6O/c1-14-12-15(2)24(22-14)11-7-10-20-19(26)18-16(3)25(23-21-18)13-17-8-5-4-6-9-17/h4-6,8-9,12H,7,10-11,13H2,1-3H3,(H,20,26). The molecular weight excluding hydrogens is 328 g/mol. The molecule has 0 unspecified atom stereocenters. The highest BCUT2D eigenvalue weighted by Gasteiger charge is 2.16. The highest BCUT2D eigenvalue weighted by molar-refractivity contribution is 5.93. The van der Waals surface area contributed by atoms with Gasteiger partial charge in [0, 0.05) is 18.8 Å². The first kappa shape index (κ1) is 17.8. The van der Waals surface area contributed by atoms with E-state index in [4.69, 9.17) is 0 Å². The summed E-state index contributed by atoms with van der Waals surface area (Å²) in [6, 6.07) is 12.0. The smallest absolute Gasteiger partial charge is 0.273 e. The van der Waals surface area contributed by atoms with Crippen molar-refractivity contribution in [3.63, 3.8) is 0 Å². The van der Waals surface area contributed by atoms with E-state index in [0.29, 0.717) is 18.8 Å². The number of benzene rings is 1. The van der Waals surface area contributed by atoms with Crippen molar-refractivity contribution in [2.75, 3.05) is 6.54 Å². The van der Waals surface area contributed by atoms with Crippen molar-refractivity contribution in [2.45, 2.75) is 40.3 Å². The molecule has 0 saturated heterocycles. The molecule has 2 heterocycles. The van der Waals surface area contributed by atoms with Crippen LogP contribution in [0.1, 0.15) is 39.6 Å². The van der Waals surface area contributed by atoms with E-state index >= 15 is 0 Å². The number of nitrogens with one attached hydrogen (secondary N) is 1. The number of hydrogen-bond donors (Lipinski definition) is 1. The van der Waals surface area contributed by atoms with Crippen LogP contribution in [-0.2, 0) is 13.1 Å². The van der Waals surface area contributed by atoms with E-state index in [-0.39, 0.29) is 5.91 Å². The molecule has 7 nitrogen and oxygen atoms in total. The summed E-state index contributed by atoms with van der Waals surface area (Å²) in [6.07, 6.45) is 0.810. The van der Waals surface area contributed by atoms with Crippen molar-refractivity contribution in [3.8, 4) is 0 Å². The molecule has 26 heavy (non-hydrogen) atoms. The fourth-order valence-corrected chi connectivity index (χ4v) is 2.89.